The number of unbranched alkanes of at least 4 members (excludes halogenated alkanes) is 1. The summed E-state index contributed by atoms with van der Waals surface area (Å²) < 4.78 is 0. The molecule has 0 aliphatic heterocycles. The molecule has 114 valence electrons. The van der Waals surface area contributed by atoms with Crippen molar-refractivity contribution in [1.82, 2.24) is 0 Å². The fourth-order valence-electron chi connectivity index (χ4n) is 2.08. The maximum Gasteiger partial charge on any atom is 0.331 e. The highest BCUT2D eigenvalue weighted by molar-refractivity contribution is 5.89. The van der Waals surface area contributed by atoms with Crippen LogP contribution < -0.4 is 0 Å². The zero-order chi connectivity index (χ0) is 15.7. The Balaban J connectivity index is 4.91. The summed E-state index contributed by atoms with van der Waals surface area (Å²) in [5, 5.41) is 18.1. The lowest BCUT2D eigenvalue weighted by Crippen LogP contribution is -2.12. The maximum absolute atomic E-state index is 11.3. The summed E-state index contributed by atoms with van der Waals surface area (Å²) in [6, 6.07) is 0. The van der Waals surface area contributed by atoms with Crippen LogP contribution in [0.2, 0.25) is 0 Å². The molecule has 0 saturated carbocycles. The number of carboxylic acid groups (broad SMARTS) is 2. The molecule has 20 heavy (non-hydrogen) atoms. The second-order valence-electron chi connectivity index (χ2n) is 5.24. The average molecular weight is 282 g/mol. The first-order valence-electron chi connectivity index (χ1n) is 7.19. The van der Waals surface area contributed by atoms with Crippen LogP contribution in [0.1, 0.15) is 52.9 Å². The molecule has 0 aromatic heterocycles. The van der Waals surface area contributed by atoms with Gasteiger partial charge in [0.05, 0.1) is 0 Å². The largest absolute Gasteiger partial charge is 0.478 e. The number of rotatable bonds is 10. The molecule has 2 atom stereocenters. The molecular formula is C16H26O4. The SMILES string of the molecule is C=C(C(=O)O)C(C)C=C(CC(CC)CCCC)C(=O)O. The highest BCUT2D eigenvalue weighted by atomic mass is 16.4. The van der Waals surface area contributed by atoms with Crippen molar-refractivity contribution in [3.63, 3.8) is 0 Å². The molecule has 0 amide bonds. The first-order valence-corrected chi connectivity index (χ1v) is 7.19. The van der Waals surface area contributed by atoms with Crippen molar-refractivity contribution in [2.75, 3.05) is 0 Å². The number of carbonyl (C=O) groups is 2. The number of carboxylic acids is 2. The van der Waals surface area contributed by atoms with Crippen molar-refractivity contribution < 1.29 is 19.8 Å². The van der Waals surface area contributed by atoms with Gasteiger partial charge in [0.15, 0.2) is 0 Å². The third-order valence-electron chi connectivity index (χ3n) is 3.60. The van der Waals surface area contributed by atoms with Gasteiger partial charge in [0.1, 0.15) is 0 Å². The molecular weight excluding hydrogens is 256 g/mol. The second-order valence-corrected chi connectivity index (χ2v) is 5.24. The van der Waals surface area contributed by atoms with E-state index < -0.39 is 17.9 Å². The van der Waals surface area contributed by atoms with Crippen LogP contribution in [0.4, 0.5) is 0 Å². The molecule has 0 fully saturated rings. The van der Waals surface area contributed by atoms with Crippen LogP contribution in [-0.2, 0) is 9.59 Å². The Morgan fingerprint density at radius 1 is 1.20 bits per heavy atom. The van der Waals surface area contributed by atoms with Crippen molar-refractivity contribution in [3.05, 3.63) is 23.8 Å². The van der Waals surface area contributed by atoms with Crippen molar-refractivity contribution in [2.24, 2.45) is 11.8 Å². The topological polar surface area (TPSA) is 74.6 Å². The van der Waals surface area contributed by atoms with E-state index in [0.717, 1.165) is 25.7 Å². The van der Waals surface area contributed by atoms with Crippen LogP contribution in [0.3, 0.4) is 0 Å². The smallest absolute Gasteiger partial charge is 0.331 e. The summed E-state index contributed by atoms with van der Waals surface area (Å²) in [4.78, 5) is 22.1. The van der Waals surface area contributed by atoms with Crippen LogP contribution in [0.25, 0.3) is 0 Å². The van der Waals surface area contributed by atoms with Gasteiger partial charge in [-0.1, -0.05) is 59.1 Å². The standard InChI is InChI=1S/C16H26O4/c1-5-7-8-13(6-2)10-14(16(19)20)9-11(3)12(4)15(17)18/h9,11,13H,4-8,10H2,1-3H3,(H,17,18)(H,19,20). The van der Waals surface area contributed by atoms with Gasteiger partial charge in [-0.2, -0.15) is 0 Å². The maximum atomic E-state index is 11.3. The number of hydrogen-bond acceptors (Lipinski definition) is 2. The van der Waals surface area contributed by atoms with Gasteiger partial charge in [-0.05, 0) is 12.3 Å². The summed E-state index contributed by atoms with van der Waals surface area (Å²) in [5.74, 6) is -2.19. The molecule has 0 aromatic rings. The Kier molecular flexibility index (Phi) is 8.61. The molecule has 0 saturated heterocycles. The molecule has 2 unspecified atom stereocenters. The molecule has 0 aromatic carbocycles. The lowest BCUT2D eigenvalue weighted by molar-refractivity contribution is -0.134. The molecule has 0 bridgehead atoms. The Hall–Kier alpha value is -1.58. The summed E-state index contributed by atoms with van der Waals surface area (Å²) >= 11 is 0. The van der Waals surface area contributed by atoms with Gasteiger partial charge in [0.25, 0.3) is 0 Å². The quantitative estimate of drug-likeness (QED) is 0.596. The minimum Gasteiger partial charge on any atom is -0.478 e. The molecule has 0 aliphatic rings. The summed E-state index contributed by atoms with van der Waals surface area (Å²) in [6.45, 7) is 9.30. The Morgan fingerprint density at radius 3 is 2.20 bits per heavy atom. The average Bonchev–Trinajstić information content (AvgIpc) is 2.40. The summed E-state index contributed by atoms with van der Waals surface area (Å²) in [6.07, 6.45) is 6.12. The van der Waals surface area contributed by atoms with E-state index in [9.17, 15) is 14.7 Å². The molecule has 2 N–H and O–H groups in total. The minimum atomic E-state index is -1.09. The highest BCUT2D eigenvalue weighted by Gasteiger charge is 2.18. The number of hydrogen-bond donors (Lipinski definition) is 2. The van der Waals surface area contributed by atoms with Gasteiger partial charge in [-0.25, -0.2) is 9.59 Å². The predicted molar refractivity (Wildman–Crippen MR) is 79.6 cm³/mol. The van der Waals surface area contributed by atoms with Crippen LogP contribution in [0.15, 0.2) is 23.8 Å². The zero-order valence-corrected chi connectivity index (χ0v) is 12.7. The zero-order valence-electron chi connectivity index (χ0n) is 12.7. The van der Waals surface area contributed by atoms with E-state index in [1.165, 1.54) is 6.08 Å². The Morgan fingerprint density at radius 2 is 1.80 bits per heavy atom. The van der Waals surface area contributed by atoms with Gasteiger partial charge in [0.2, 0.25) is 0 Å². The molecule has 0 rings (SSSR count). The van der Waals surface area contributed by atoms with Crippen LogP contribution >= 0.6 is 0 Å². The fraction of sp³-hybridized carbons (Fsp3) is 0.625. The number of aliphatic carboxylic acids is 2. The molecule has 4 heteroatoms. The summed E-state index contributed by atoms with van der Waals surface area (Å²) in [5.41, 5.74) is 0.313. The van der Waals surface area contributed by atoms with Crippen LogP contribution in [-0.4, -0.2) is 22.2 Å². The van der Waals surface area contributed by atoms with Crippen molar-refractivity contribution in [1.29, 1.82) is 0 Å². The van der Waals surface area contributed by atoms with Gasteiger partial charge in [-0.15, -0.1) is 0 Å². The first-order chi connectivity index (χ1) is 9.33. The van der Waals surface area contributed by atoms with Crippen molar-refractivity contribution in [3.8, 4) is 0 Å². The molecule has 0 radical (unpaired) electrons. The van der Waals surface area contributed by atoms with E-state index in [1.807, 2.05) is 0 Å². The summed E-state index contributed by atoms with van der Waals surface area (Å²) in [7, 11) is 0. The normalized spacial score (nSPS) is 14.7. The molecule has 0 aliphatic carbocycles. The number of allylic oxidation sites excluding steroid dienone is 1. The van der Waals surface area contributed by atoms with E-state index in [4.69, 9.17) is 5.11 Å². The van der Waals surface area contributed by atoms with E-state index in [0.29, 0.717) is 17.9 Å². The third kappa shape index (κ3) is 6.55. The molecule has 0 heterocycles. The van der Waals surface area contributed by atoms with Gasteiger partial charge < -0.3 is 10.2 Å². The van der Waals surface area contributed by atoms with E-state index in [1.54, 1.807) is 6.92 Å². The van der Waals surface area contributed by atoms with Crippen molar-refractivity contribution >= 4 is 11.9 Å². The molecule has 4 nitrogen and oxygen atoms in total. The van der Waals surface area contributed by atoms with Gasteiger partial charge >= 0.3 is 11.9 Å². The second kappa shape index (κ2) is 9.34. The van der Waals surface area contributed by atoms with E-state index >= 15 is 0 Å². The lowest BCUT2D eigenvalue weighted by atomic mass is 9.89. The lowest BCUT2D eigenvalue weighted by Gasteiger charge is -2.16. The first kappa shape index (κ1) is 18.4. The Bertz CT molecular complexity index is 382. The van der Waals surface area contributed by atoms with Crippen LogP contribution in [0.5, 0.6) is 0 Å². The van der Waals surface area contributed by atoms with Crippen molar-refractivity contribution in [2.45, 2.75) is 52.9 Å². The van der Waals surface area contributed by atoms with Crippen LogP contribution in [0, 0.1) is 11.8 Å². The Labute approximate surface area is 121 Å². The van der Waals surface area contributed by atoms with Gasteiger partial charge in [0, 0.05) is 17.1 Å². The van der Waals surface area contributed by atoms with E-state index in [-0.39, 0.29) is 5.57 Å². The molecule has 0 spiro atoms. The van der Waals surface area contributed by atoms with Gasteiger partial charge in [-0.3, -0.25) is 0 Å². The highest BCUT2D eigenvalue weighted by Crippen LogP contribution is 2.23. The predicted octanol–water partition coefficient (Wildman–Crippen LogP) is 3.88. The third-order valence-corrected chi connectivity index (χ3v) is 3.60. The van der Waals surface area contributed by atoms with E-state index in [2.05, 4.69) is 20.4 Å². The fourth-order valence-corrected chi connectivity index (χ4v) is 2.08. The monoisotopic (exact) mass is 282 g/mol. The minimum absolute atomic E-state index is 0.0188.